The second-order valence-corrected chi connectivity index (χ2v) is 9.34. The van der Waals surface area contributed by atoms with E-state index in [2.05, 4.69) is 16.0 Å². The van der Waals surface area contributed by atoms with Gasteiger partial charge in [0.15, 0.2) is 0 Å². The van der Waals surface area contributed by atoms with E-state index >= 15 is 0 Å². The average Bonchev–Trinajstić information content (AvgIpc) is 3.49. The van der Waals surface area contributed by atoms with E-state index in [4.69, 9.17) is 0 Å². The van der Waals surface area contributed by atoms with Crippen molar-refractivity contribution in [2.75, 3.05) is 13.1 Å². The molecule has 2 saturated heterocycles. The number of carboxylic acid groups (broad SMARTS) is 1. The van der Waals surface area contributed by atoms with Crippen molar-refractivity contribution in [3.63, 3.8) is 0 Å². The molecule has 0 saturated carbocycles. The second-order valence-electron chi connectivity index (χ2n) is 9.34. The molecule has 10 heteroatoms. The molecule has 0 spiro atoms. The Bertz CT molecular complexity index is 897. The second kappa shape index (κ2) is 11.3. The Kier molecular flexibility index (Phi) is 8.49. The molecule has 2 aliphatic heterocycles. The minimum Gasteiger partial charge on any atom is -0.508 e. The van der Waals surface area contributed by atoms with Gasteiger partial charge < -0.3 is 31.1 Å². The van der Waals surface area contributed by atoms with Gasteiger partial charge in [-0.15, -0.1) is 0 Å². The lowest BCUT2D eigenvalue weighted by molar-refractivity contribution is -0.143. The van der Waals surface area contributed by atoms with Crippen LogP contribution in [0.2, 0.25) is 0 Å². The van der Waals surface area contributed by atoms with Crippen LogP contribution in [-0.2, 0) is 25.6 Å². The Morgan fingerprint density at radius 2 is 1.79 bits per heavy atom. The van der Waals surface area contributed by atoms with Crippen molar-refractivity contribution < 1.29 is 29.4 Å². The number of amides is 3. The van der Waals surface area contributed by atoms with E-state index in [-0.39, 0.29) is 30.0 Å². The number of rotatable bonds is 9. The van der Waals surface area contributed by atoms with E-state index in [0.29, 0.717) is 24.9 Å². The predicted molar refractivity (Wildman–Crippen MR) is 124 cm³/mol. The van der Waals surface area contributed by atoms with Crippen LogP contribution in [0.5, 0.6) is 5.75 Å². The fraction of sp³-hybridized carbons (Fsp3) is 0.583. The van der Waals surface area contributed by atoms with Gasteiger partial charge in [0.2, 0.25) is 17.7 Å². The smallest absolute Gasteiger partial charge is 0.326 e. The number of carbonyl (C=O) groups is 4. The number of hydrogen-bond acceptors (Lipinski definition) is 6. The summed E-state index contributed by atoms with van der Waals surface area (Å²) in [6.45, 7) is 4.81. The molecular weight excluding hydrogens is 440 g/mol. The van der Waals surface area contributed by atoms with E-state index in [1.807, 2.05) is 0 Å². The summed E-state index contributed by atoms with van der Waals surface area (Å²) in [6.07, 6.45) is 2.93. The standard InChI is InChI=1S/C24H34N4O6/c1-14(2)20(22(31)26-18(24(33)34)13-15-7-9-16(29)10-8-15)27-21(30)19-6-4-12-28(19)23(32)17-5-3-11-25-17/h7-10,14,17-20,25,29H,3-6,11-13H2,1-2H3,(H,26,31)(H,27,30)(H,33,34). The maximum atomic E-state index is 13.1. The van der Waals surface area contributed by atoms with Gasteiger partial charge in [-0.3, -0.25) is 14.4 Å². The largest absolute Gasteiger partial charge is 0.508 e. The molecule has 34 heavy (non-hydrogen) atoms. The Morgan fingerprint density at radius 3 is 2.38 bits per heavy atom. The van der Waals surface area contributed by atoms with Crippen LogP contribution in [0.1, 0.15) is 45.1 Å². The Morgan fingerprint density at radius 1 is 1.09 bits per heavy atom. The molecule has 2 fully saturated rings. The number of benzene rings is 1. The summed E-state index contributed by atoms with van der Waals surface area (Å²) >= 11 is 0. The molecule has 186 valence electrons. The Hall–Kier alpha value is -3.14. The summed E-state index contributed by atoms with van der Waals surface area (Å²) in [5, 5.41) is 27.5. The normalized spacial score (nSPS) is 21.8. The topological polar surface area (TPSA) is 148 Å². The highest BCUT2D eigenvalue weighted by Crippen LogP contribution is 2.21. The summed E-state index contributed by atoms with van der Waals surface area (Å²) in [5.74, 6) is -2.52. The SMILES string of the molecule is CC(C)C(NC(=O)C1CCCN1C(=O)C1CCCN1)C(=O)NC(Cc1ccc(O)cc1)C(=O)O. The van der Waals surface area contributed by atoms with Gasteiger partial charge in [0.1, 0.15) is 23.9 Å². The number of aliphatic carboxylic acids is 1. The third-order valence-corrected chi connectivity index (χ3v) is 6.43. The highest BCUT2D eigenvalue weighted by atomic mass is 16.4. The van der Waals surface area contributed by atoms with Gasteiger partial charge in [0.25, 0.3) is 0 Å². The summed E-state index contributed by atoms with van der Waals surface area (Å²) in [6, 6.07) is 3.01. The van der Waals surface area contributed by atoms with E-state index in [1.165, 1.54) is 12.1 Å². The summed E-state index contributed by atoms with van der Waals surface area (Å²) < 4.78 is 0. The van der Waals surface area contributed by atoms with Gasteiger partial charge in [-0.25, -0.2) is 4.79 Å². The molecule has 0 aliphatic carbocycles. The Labute approximate surface area is 199 Å². The van der Waals surface area contributed by atoms with E-state index in [9.17, 15) is 29.4 Å². The highest BCUT2D eigenvalue weighted by Gasteiger charge is 2.39. The number of hydrogen-bond donors (Lipinski definition) is 5. The number of aromatic hydroxyl groups is 1. The molecule has 3 rings (SSSR count). The molecule has 1 aromatic carbocycles. The minimum absolute atomic E-state index is 0.0272. The molecular formula is C24H34N4O6. The minimum atomic E-state index is -1.20. The van der Waals surface area contributed by atoms with Crippen LogP contribution >= 0.6 is 0 Å². The lowest BCUT2D eigenvalue weighted by Crippen LogP contribution is -2.58. The van der Waals surface area contributed by atoms with Crippen molar-refractivity contribution in [1.29, 1.82) is 0 Å². The van der Waals surface area contributed by atoms with Crippen LogP contribution in [0, 0.1) is 5.92 Å². The molecule has 2 heterocycles. The molecule has 4 atom stereocenters. The molecule has 10 nitrogen and oxygen atoms in total. The number of carbonyl (C=O) groups excluding carboxylic acids is 3. The third kappa shape index (κ3) is 6.25. The fourth-order valence-corrected chi connectivity index (χ4v) is 4.51. The Balaban J connectivity index is 1.65. The van der Waals surface area contributed by atoms with Crippen molar-refractivity contribution >= 4 is 23.7 Å². The van der Waals surface area contributed by atoms with Crippen molar-refractivity contribution in [2.24, 2.45) is 5.92 Å². The molecule has 0 radical (unpaired) electrons. The number of phenols is 1. The van der Waals surface area contributed by atoms with E-state index in [0.717, 1.165) is 19.4 Å². The van der Waals surface area contributed by atoms with Crippen LogP contribution in [0.15, 0.2) is 24.3 Å². The fourth-order valence-electron chi connectivity index (χ4n) is 4.51. The van der Waals surface area contributed by atoms with Gasteiger partial charge in [0.05, 0.1) is 6.04 Å². The number of nitrogens with zero attached hydrogens (tertiary/aromatic N) is 1. The first-order valence-electron chi connectivity index (χ1n) is 11.8. The molecule has 0 bridgehead atoms. The first kappa shape index (κ1) is 25.5. The van der Waals surface area contributed by atoms with Crippen LogP contribution < -0.4 is 16.0 Å². The van der Waals surface area contributed by atoms with Gasteiger partial charge in [-0.05, 0) is 55.8 Å². The number of nitrogens with one attached hydrogen (secondary N) is 3. The van der Waals surface area contributed by atoms with Crippen LogP contribution in [0.4, 0.5) is 0 Å². The van der Waals surface area contributed by atoms with Gasteiger partial charge >= 0.3 is 5.97 Å². The molecule has 3 amide bonds. The van der Waals surface area contributed by atoms with Crippen LogP contribution in [-0.4, -0.2) is 76.1 Å². The monoisotopic (exact) mass is 474 g/mol. The maximum absolute atomic E-state index is 13.1. The van der Waals surface area contributed by atoms with Crippen molar-refractivity contribution in [3.8, 4) is 5.75 Å². The molecule has 0 aromatic heterocycles. The predicted octanol–water partition coefficient (Wildman–Crippen LogP) is 0.388. The van der Waals surface area contributed by atoms with Crippen LogP contribution in [0.25, 0.3) is 0 Å². The number of phenolic OH excluding ortho intramolecular Hbond substituents is 1. The molecule has 5 N–H and O–H groups in total. The lowest BCUT2D eigenvalue weighted by atomic mass is 10.0. The van der Waals surface area contributed by atoms with Crippen LogP contribution in [0.3, 0.4) is 0 Å². The van der Waals surface area contributed by atoms with E-state index < -0.39 is 35.9 Å². The number of carboxylic acids is 1. The lowest BCUT2D eigenvalue weighted by Gasteiger charge is -2.29. The quantitative estimate of drug-likeness (QED) is 0.348. The summed E-state index contributed by atoms with van der Waals surface area (Å²) in [7, 11) is 0. The zero-order chi connectivity index (χ0) is 24.8. The van der Waals surface area contributed by atoms with Crippen molar-refractivity contribution in [2.45, 2.75) is 70.1 Å². The molecule has 1 aromatic rings. The highest BCUT2D eigenvalue weighted by molar-refractivity contribution is 5.94. The average molecular weight is 475 g/mol. The molecule has 4 unspecified atom stereocenters. The third-order valence-electron chi connectivity index (χ3n) is 6.43. The van der Waals surface area contributed by atoms with Gasteiger partial charge in [-0.2, -0.15) is 0 Å². The van der Waals surface area contributed by atoms with Crippen molar-refractivity contribution in [1.82, 2.24) is 20.9 Å². The first-order chi connectivity index (χ1) is 16.2. The summed E-state index contributed by atoms with van der Waals surface area (Å²) in [4.78, 5) is 52.3. The summed E-state index contributed by atoms with van der Waals surface area (Å²) in [5.41, 5.74) is 0.635. The van der Waals surface area contributed by atoms with Gasteiger partial charge in [-0.1, -0.05) is 26.0 Å². The van der Waals surface area contributed by atoms with Crippen molar-refractivity contribution in [3.05, 3.63) is 29.8 Å². The first-order valence-corrected chi connectivity index (χ1v) is 11.8. The zero-order valence-electron chi connectivity index (χ0n) is 19.6. The zero-order valence-corrected chi connectivity index (χ0v) is 19.6. The maximum Gasteiger partial charge on any atom is 0.326 e. The van der Waals surface area contributed by atoms with Gasteiger partial charge in [0, 0.05) is 13.0 Å². The molecule has 2 aliphatic rings. The number of likely N-dealkylation sites (tertiary alicyclic amines) is 1. The van der Waals surface area contributed by atoms with E-state index in [1.54, 1.807) is 30.9 Å².